The molecule has 1 atom stereocenters. The van der Waals surface area contributed by atoms with E-state index in [1.54, 1.807) is 0 Å². The zero-order valence-electron chi connectivity index (χ0n) is 10.7. The lowest BCUT2D eigenvalue weighted by Crippen LogP contribution is -2.39. The first-order chi connectivity index (χ1) is 8.91. The average molecular weight is 267 g/mol. The molecule has 1 aliphatic heterocycles. The molecular formula is C12H13NO6. The Labute approximate surface area is 109 Å². The molecule has 7 nitrogen and oxygen atoms in total. The number of methoxy groups -OCH3 is 2. The Morgan fingerprint density at radius 3 is 2.79 bits per heavy atom. The Kier molecular flexibility index (Phi) is 3.15. The number of pyridine rings is 1. The second-order valence-electron chi connectivity index (χ2n) is 4.18. The van der Waals surface area contributed by atoms with Gasteiger partial charge in [-0.05, 0) is 13.0 Å². The average Bonchev–Trinajstić information content (AvgIpc) is 2.41. The van der Waals surface area contributed by atoms with Crippen molar-refractivity contribution in [3.63, 3.8) is 0 Å². The fraction of sp³-hybridized carbons (Fsp3) is 0.417. The highest BCUT2D eigenvalue weighted by Crippen LogP contribution is 2.35. The summed E-state index contributed by atoms with van der Waals surface area (Å²) in [5, 5.41) is 10.2. The van der Waals surface area contributed by atoms with Crippen LogP contribution >= 0.6 is 0 Å². The second kappa shape index (κ2) is 4.51. The van der Waals surface area contributed by atoms with E-state index in [9.17, 15) is 14.7 Å². The van der Waals surface area contributed by atoms with Gasteiger partial charge in [-0.3, -0.25) is 0 Å². The van der Waals surface area contributed by atoms with Crippen molar-refractivity contribution < 1.29 is 28.9 Å². The van der Waals surface area contributed by atoms with Crippen LogP contribution in [0, 0.1) is 0 Å². The molecule has 1 unspecified atom stereocenters. The lowest BCUT2D eigenvalue weighted by Gasteiger charge is -2.29. The third kappa shape index (κ3) is 2.01. The molecule has 19 heavy (non-hydrogen) atoms. The maximum absolute atomic E-state index is 11.6. The Bertz CT molecular complexity index is 551. The van der Waals surface area contributed by atoms with Crippen molar-refractivity contribution in [2.45, 2.75) is 19.1 Å². The first-order valence-corrected chi connectivity index (χ1v) is 5.48. The zero-order chi connectivity index (χ0) is 14.2. The van der Waals surface area contributed by atoms with Crippen molar-refractivity contribution in [2.75, 3.05) is 14.2 Å². The molecule has 1 aliphatic rings. The van der Waals surface area contributed by atoms with E-state index in [0.717, 1.165) is 0 Å². The molecule has 102 valence electrons. The molecule has 1 aromatic rings. The first-order valence-electron chi connectivity index (χ1n) is 5.48. The first kappa shape index (κ1) is 13.3. The molecule has 1 N–H and O–H groups in total. The van der Waals surface area contributed by atoms with Crippen LogP contribution in [0.5, 0.6) is 5.88 Å². The molecule has 0 amide bonds. The smallest absolute Gasteiger partial charge is 0.356 e. The predicted molar refractivity (Wildman–Crippen MR) is 61.5 cm³/mol. The van der Waals surface area contributed by atoms with Crippen molar-refractivity contribution in [1.29, 1.82) is 0 Å². The molecule has 0 radical (unpaired) electrons. The van der Waals surface area contributed by atoms with Crippen LogP contribution < -0.4 is 4.74 Å². The van der Waals surface area contributed by atoms with E-state index in [4.69, 9.17) is 9.47 Å². The molecular weight excluding hydrogens is 254 g/mol. The van der Waals surface area contributed by atoms with E-state index in [-0.39, 0.29) is 23.7 Å². The fourth-order valence-corrected chi connectivity index (χ4v) is 1.89. The number of hydrogen-bond donors (Lipinski definition) is 1. The number of hydrogen-bond acceptors (Lipinski definition) is 7. The molecule has 0 aromatic carbocycles. The van der Waals surface area contributed by atoms with Crippen LogP contribution in [0.2, 0.25) is 0 Å². The van der Waals surface area contributed by atoms with Crippen LogP contribution in [0.1, 0.15) is 28.5 Å². The van der Waals surface area contributed by atoms with E-state index >= 15 is 0 Å². The number of cyclic esters (lactones) is 1. The zero-order valence-corrected chi connectivity index (χ0v) is 10.7. The molecule has 2 heterocycles. The molecule has 2 rings (SSSR count). The molecule has 7 heteroatoms. The van der Waals surface area contributed by atoms with Gasteiger partial charge in [-0.2, -0.15) is 0 Å². The van der Waals surface area contributed by atoms with Crippen molar-refractivity contribution >= 4 is 11.9 Å². The van der Waals surface area contributed by atoms with Crippen molar-refractivity contribution in [2.24, 2.45) is 0 Å². The lowest BCUT2D eigenvalue weighted by atomic mass is 9.90. The van der Waals surface area contributed by atoms with Gasteiger partial charge >= 0.3 is 11.9 Å². The van der Waals surface area contributed by atoms with Gasteiger partial charge in [0, 0.05) is 5.56 Å². The highest BCUT2D eigenvalue weighted by Gasteiger charge is 2.42. The molecule has 0 aliphatic carbocycles. The predicted octanol–water partition coefficient (Wildman–Crippen LogP) is 0.141. The van der Waals surface area contributed by atoms with Crippen molar-refractivity contribution in [3.05, 3.63) is 22.9 Å². The molecule has 0 bridgehead atoms. The van der Waals surface area contributed by atoms with Gasteiger partial charge in [-0.15, -0.1) is 0 Å². The van der Waals surface area contributed by atoms with Crippen LogP contribution in [0.3, 0.4) is 0 Å². The monoisotopic (exact) mass is 267 g/mol. The van der Waals surface area contributed by atoms with Crippen LogP contribution in [-0.4, -0.2) is 36.2 Å². The highest BCUT2D eigenvalue weighted by atomic mass is 16.6. The summed E-state index contributed by atoms with van der Waals surface area (Å²) < 4.78 is 14.5. The van der Waals surface area contributed by atoms with E-state index in [1.807, 2.05) is 0 Å². The van der Waals surface area contributed by atoms with E-state index in [0.29, 0.717) is 5.56 Å². The summed E-state index contributed by atoms with van der Waals surface area (Å²) in [4.78, 5) is 27.1. The Balaban J connectivity index is 2.67. The summed E-state index contributed by atoms with van der Waals surface area (Å²) in [5.41, 5.74) is -1.24. The Hall–Kier alpha value is -2.15. The maximum Gasteiger partial charge on any atom is 0.356 e. The largest absolute Gasteiger partial charge is 0.481 e. The van der Waals surface area contributed by atoms with E-state index in [2.05, 4.69) is 9.72 Å². The highest BCUT2D eigenvalue weighted by molar-refractivity contribution is 5.89. The summed E-state index contributed by atoms with van der Waals surface area (Å²) in [6.07, 6.45) is 0. The van der Waals surface area contributed by atoms with E-state index < -0.39 is 17.5 Å². The maximum atomic E-state index is 11.6. The van der Waals surface area contributed by atoms with E-state index in [1.165, 1.54) is 27.2 Å². The molecule has 0 saturated heterocycles. The van der Waals surface area contributed by atoms with Crippen LogP contribution in [0.15, 0.2) is 6.07 Å². The third-order valence-electron chi connectivity index (χ3n) is 2.94. The third-order valence-corrected chi connectivity index (χ3v) is 2.94. The number of aromatic nitrogens is 1. The number of esters is 2. The van der Waals surface area contributed by atoms with Crippen LogP contribution in [0.25, 0.3) is 0 Å². The minimum absolute atomic E-state index is 0.0481. The lowest BCUT2D eigenvalue weighted by molar-refractivity contribution is -0.169. The number of aliphatic hydroxyl groups is 1. The van der Waals surface area contributed by atoms with Crippen molar-refractivity contribution in [1.82, 2.24) is 4.98 Å². The minimum Gasteiger partial charge on any atom is -0.481 e. The number of ether oxygens (including phenoxy) is 3. The summed E-state index contributed by atoms with van der Waals surface area (Å²) in [6.45, 7) is 1.22. The number of nitrogens with zero attached hydrogens (tertiary/aromatic N) is 1. The standard InChI is InChI=1S/C12H13NO6/c1-12(16)7-4-8(10(14)18-3)13-9(17-2)6(7)5-19-11(12)15/h4,16H,5H2,1-3H3. The summed E-state index contributed by atoms with van der Waals surface area (Å²) in [7, 11) is 2.58. The fourth-order valence-electron chi connectivity index (χ4n) is 1.89. The van der Waals surface area contributed by atoms with Crippen LogP contribution in [-0.2, 0) is 26.5 Å². The SMILES string of the molecule is COC(=O)c1cc2c(c(OC)n1)COC(=O)C2(C)O. The normalized spacial score (nSPS) is 21.4. The number of carbonyl (C=O) groups excluding carboxylic acids is 2. The van der Waals surface area contributed by atoms with Crippen molar-refractivity contribution in [3.8, 4) is 5.88 Å². The van der Waals surface area contributed by atoms with Gasteiger partial charge in [0.25, 0.3) is 0 Å². The quantitative estimate of drug-likeness (QED) is 0.761. The van der Waals surface area contributed by atoms with Gasteiger partial charge in [0.1, 0.15) is 6.61 Å². The summed E-state index contributed by atoms with van der Waals surface area (Å²) in [5.74, 6) is -1.36. The molecule has 1 aromatic heterocycles. The van der Waals surface area contributed by atoms with Gasteiger partial charge in [0.2, 0.25) is 5.88 Å². The van der Waals surface area contributed by atoms with Crippen LogP contribution in [0.4, 0.5) is 0 Å². The number of carbonyl (C=O) groups is 2. The molecule has 0 saturated carbocycles. The topological polar surface area (TPSA) is 95.0 Å². The van der Waals surface area contributed by atoms with Gasteiger partial charge in [0.05, 0.1) is 19.8 Å². The number of rotatable bonds is 2. The van der Waals surface area contributed by atoms with Gasteiger partial charge < -0.3 is 19.3 Å². The Morgan fingerprint density at radius 1 is 1.53 bits per heavy atom. The Morgan fingerprint density at radius 2 is 2.21 bits per heavy atom. The number of fused-ring (bicyclic) bond motifs is 1. The molecule has 0 spiro atoms. The van der Waals surface area contributed by atoms with Gasteiger partial charge in [-0.25, -0.2) is 14.6 Å². The van der Waals surface area contributed by atoms with Gasteiger partial charge in [-0.1, -0.05) is 0 Å². The molecule has 0 fully saturated rings. The second-order valence-corrected chi connectivity index (χ2v) is 4.18. The summed E-state index contributed by atoms with van der Waals surface area (Å²) >= 11 is 0. The summed E-state index contributed by atoms with van der Waals surface area (Å²) in [6, 6.07) is 1.31. The minimum atomic E-state index is -1.85. The van der Waals surface area contributed by atoms with Gasteiger partial charge in [0.15, 0.2) is 11.3 Å².